The van der Waals surface area contributed by atoms with E-state index >= 15 is 0 Å². The number of amides is 1. The van der Waals surface area contributed by atoms with E-state index in [1.54, 1.807) is 16.5 Å². The van der Waals surface area contributed by atoms with Crippen LogP contribution in [0.2, 0.25) is 5.15 Å². The number of carbonyl (C=O) groups excluding carboxylic acids is 1. The Balaban J connectivity index is 1.35. The van der Waals surface area contributed by atoms with Crippen molar-refractivity contribution in [2.24, 2.45) is 0 Å². The largest absolute Gasteiger partial charge is 0.367 e. The molecule has 4 rings (SSSR count). The summed E-state index contributed by atoms with van der Waals surface area (Å²) in [6, 6.07) is 10.7. The zero-order chi connectivity index (χ0) is 21.8. The van der Waals surface area contributed by atoms with Gasteiger partial charge in [0.1, 0.15) is 11.5 Å². The molecule has 31 heavy (non-hydrogen) atoms. The van der Waals surface area contributed by atoms with Crippen molar-refractivity contribution in [1.29, 1.82) is 0 Å². The molecule has 1 saturated heterocycles. The van der Waals surface area contributed by atoms with Crippen LogP contribution in [-0.4, -0.2) is 52.9 Å². The number of carbonyl (C=O) groups is 1. The third-order valence-electron chi connectivity index (χ3n) is 5.55. The molecule has 0 radical (unpaired) electrons. The average Bonchev–Trinajstić information content (AvgIpc) is 3.11. The Morgan fingerprint density at radius 2 is 2.03 bits per heavy atom. The SMILES string of the molecule is CCN1CCN(c2ccc(CNC(=O)/C=C/c3c(Cl)nc4ccccn34)cc2F)CC1. The second kappa shape index (κ2) is 9.49. The number of aromatic nitrogens is 2. The van der Waals surface area contributed by atoms with E-state index < -0.39 is 0 Å². The molecule has 162 valence electrons. The lowest BCUT2D eigenvalue weighted by Gasteiger charge is -2.35. The minimum atomic E-state index is -0.290. The summed E-state index contributed by atoms with van der Waals surface area (Å²) in [5.41, 5.74) is 2.67. The zero-order valence-electron chi connectivity index (χ0n) is 17.4. The Kier molecular flexibility index (Phi) is 6.53. The van der Waals surface area contributed by atoms with Crippen molar-refractivity contribution in [1.82, 2.24) is 19.6 Å². The van der Waals surface area contributed by atoms with Gasteiger partial charge in [-0.05, 0) is 42.4 Å². The number of likely N-dealkylation sites (N-methyl/N-ethyl adjacent to an activating group) is 1. The van der Waals surface area contributed by atoms with Crippen molar-refractivity contribution in [3.05, 3.63) is 70.9 Å². The predicted octanol–water partition coefficient (Wildman–Crippen LogP) is 3.60. The van der Waals surface area contributed by atoms with Crippen LogP contribution < -0.4 is 10.2 Å². The van der Waals surface area contributed by atoms with E-state index in [9.17, 15) is 9.18 Å². The number of anilines is 1. The molecule has 0 unspecified atom stereocenters. The van der Waals surface area contributed by atoms with Gasteiger partial charge >= 0.3 is 0 Å². The van der Waals surface area contributed by atoms with Gasteiger partial charge in [-0.3, -0.25) is 9.20 Å². The molecular weight excluding hydrogens is 417 g/mol. The Morgan fingerprint density at radius 3 is 2.77 bits per heavy atom. The molecule has 1 aromatic carbocycles. The van der Waals surface area contributed by atoms with Crippen LogP contribution in [0.25, 0.3) is 11.7 Å². The maximum Gasteiger partial charge on any atom is 0.244 e. The molecule has 0 saturated carbocycles. The highest BCUT2D eigenvalue weighted by Gasteiger charge is 2.18. The first kappa shape index (κ1) is 21.3. The molecule has 0 atom stereocenters. The highest BCUT2D eigenvalue weighted by Crippen LogP contribution is 2.22. The van der Waals surface area contributed by atoms with Crippen molar-refractivity contribution in [2.45, 2.75) is 13.5 Å². The van der Waals surface area contributed by atoms with E-state index in [0.29, 0.717) is 27.7 Å². The quantitative estimate of drug-likeness (QED) is 0.594. The summed E-state index contributed by atoms with van der Waals surface area (Å²) in [5, 5.41) is 3.11. The van der Waals surface area contributed by atoms with Gasteiger partial charge < -0.3 is 15.1 Å². The van der Waals surface area contributed by atoms with Gasteiger partial charge in [-0.25, -0.2) is 9.37 Å². The molecule has 1 fully saturated rings. The Bertz CT molecular complexity index is 1100. The fourth-order valence-corrected chi connectivity index (χ4v) is 4.00. The molecule has 1 N–H and O–H groups in total. The number of pyridine rings is 1. The molecule has 6 nitrogen and oxygen atoms in total. The molecule has 0 spiro atoms. The number of halogens is 2. The summed E-state index contributed by atoms with van der Waals surface area (Å²) >= 11 is 6.17. The summed E-state index contributed by atoms with van der Waals surface area (Å²) in [4.78, 5) is 20.9. The van der Waals surface area contributed by atoms with Crippen molar-refractivity contribution < 1.29 is 9.18 Å². The van der Waals surface area contributed by atoms with Gasteiger partial charge in [0.15, 0.2) is 5.15 Å². The first-order valence-electron chi connectivity index (χ1n) is 10.4. The monoisotopic (exact) mass is 441 g/mol. The molecule has 1 aliphatic rings. The van der Waals surface area contributed by atoms with Gasteiger partial charge in [0.2, 0.25) is 5.91 Å². The molecule has 3 heterocycles. The van der Waals surface area contributed by atoms with Crippen molar-refractivity contribution in [3.8, 4) is 0 Å². The van der Waals surface area contributed by atoms with Gasteiger partial charge in [0, 0.05) is 45.0 Å². The minimum Gasteiger partial charge on any atom is -0.367 e. The number of piperazine rings is 1. The van der Waals surface area contributed by atoms with Gasteiger partial charge in [0.05, 0.1) is 11.4 Å². The fourth-order valence-electron chi connectivity index (χ4n) is 3.76. The molecule has 8 heteroatoms. The summed E-state index contributed by atoms with van der Waals surface area (Å²) < 4.78 is 16.5. The number of benzene rings is 1. The van der Waals surface area contributed by atoms with E-state index in [2.05, 4.69) is 27.0 Å². The van der Waals surface area contributed by atoms with Crippen molar-refractivity contribution >= 4 is 34.9 Å². The van der Waals surface area contributed by atoms with Crippen LogP contribution in [0.5, 0.6) is 0 Å². The van der Waals surface area contributed by atoms with Crippen LogP contribution in [0.1, 0.15) is 18.2 Å². The van der Waals surface area contributed by atoms with Crippen molar-refractivity contribution in [3.63, 3.8) is 0 Å². The lowest BCUT2D eigenvalue weighted by atomic mass is 10.1. The van der Waals surface area contributed by atoms with E-state index in [0.717, 1.165) is 32.7 Å². The van der Waals surface area contributed by atoms with Crippen LogP contribution in [0, 0.1) is 5.82 Å². The highest BCUT2D eigenvalue weighted by molar-refractivity contribution is 6.31. The molecule has 2 aromatic heterocycles. The number of nitrogens with zero attached hydrogens (tertiary/aromatic N) is 4. The smallest absolute Gasteiger partial charge is 0.244 e. The molecule has 3 aromatic rings. The first-order chi connectivity index (χ1) is 15.0. The molecule has 1 amide bonds. The second-order valence-electron chi connectivity index (χ2n) is 7.47. The van der Waals surface area contributed by atoms with E-state index in [4.69, 9.17) is 11.6 Å². The van der Waals surface area contributed by atoms with Crippen LogP contribution in [0.3, 0.4) is 0 Å². The van der Waals surface area contributed by atoms with Crippen LogP contribution in [-0.2, 0) is 11.3 Å². The summed E-state index contributed by atoms with van der Waals surface area (Å²) in [7, 11) is 0. The number of nitrogens with one attached hydrogen (secondary N) is 1. The third kappa shape index (κ3) is 4.89. The Morgan fingerprint density at radius 1 is 1.23 bits per heavy atom. The maximum atomic E-state index is 14.7. The fraction of sp³-hybridized carbons (Fsp3) is 0.304. The van der Waals surface area contributed by atoms with E-state index in [-0.39, 0.29) is 18.3 Å². The zero-order valence-corrected chi connectivity index (χ0v) is 18.1. The topological polar surface area (TPSA) is 52.9 Å². The number of hydrogen-bond donors (Lipinski definition) is 1. The third-order valence-corrected chi connectivity index (χ3v) is 5.83. The number of imidazole rings is 1. The molecule has 0 bridgehead atoms. The van der Waals surface area contributed by atoms with Crippen LogP contribution >= 0.6 is 11.6 Å². The maximum absolute atomic E-state index is 14.7. The highest BCUT2D eigenvalue weighted by atomic mass is 35.5. The number of hydrogen-bond acceptors (Lipinski definition) is 4. The molecular formula is C23H25ClFN5O. The van der Waals surface area contributed by atoms with Gasteiger partial charge in [-0.15, -0.1) is 0 Å². The number of rotatable bonds is 6. The lowest BCUT2D eigenvalue weighted by Crippen LogP contribution is -2.46. The predicted molar refractivity (Wildman–Crippen MR) is 122 cm³/mol. The summed E-state index contributed by atoms with van der Waals surface area (Å²) in [5.74, 6) is -0.549. The number of fused-ring (bicyclic) bond motifs is 1. The van der Waals surface area contributed by atoms with Gasteiger partial charge in [-0.2, -0.15) is 0 Å². The second-order valence-corrected chi connectivity index (χ2v) is 7.83. The average molecular weight is 442 g/mol. The standard InChI is InChI=1S/C23H25ClFN5O/c1-2-28-11-13-29(14-12-28)19-7-6-17(15-18(19)25)16-26-22(31)9-8-20-23(24)27-21-5-3-4-10-30(20)21/h3-10,15H,2,11-14,16H2,1H3,(H,26,31)/b9-8+. The molecule has 1 aliphatic heterocycles. The first-order valence-corrected chi connectivity index (χ1v) is 10.8. The minimum absolute atomic E-state index is 0.241. The summed E-state index contributed by atoms with van der Waals surface area (Å²) in [6.07, 6.45) is 4.86. The normalized spacial score (nSPS) is 15.1. The Labute approximate surface area is 185 Å². The van der Waals surface area contributed by atoms with E-state index in [1.807, 2.05) is 30.5 Å². The van der Waals surface area contributed by atoms with Gasteiger partial charge in [-0.1, -0.05) is 30.7 Å². The summed E-state index contributed by atoms with van der Waals surface area (Å²) in [6.45, 7) is 6.92. The van der Waals surface area contributed by atoms with E-state index in [1.165, 1.54) is 12.1 Å². The Hall–Kier alpha value is -2.90. The van der Waals surface area contributed by atoms with Crippen LogP contribution in [0.15, 0.2) is 48.7 Å². The van der Waals surface area contributed by atoms with Gasteiger partial charge in [0.25, 0.3) is 0 Å². The van der Waals surface area contributed by atoms with Crippen LogP contribution in [0.4, 0.5) is 10.1 Å². The van der Waals surface area contributed by atoms with Crippen molar-refractivity contribution in [2.75, 3.05) is 37.6 Å². The lowest BCUT2D eigenvalue weighted by molar-refractivity contribution is -0.116. The molecule has 0 aliphatic carbocycles.